The van der Waals surface area contributed by atoms with E-state index in [0.29, 0.717) is 18.4 Å². The first-order valence-corrected chi connectivity index (χ1v) is 6.81. The van der Waals surface area contributed by atoms with E-state index in [4.69, 9.17) is 4.74 Å². The molecule has 2 rings (SSSR count). The average Bonchev–Trinajstić information content (AvgIpc) is 2.36. The van der Waals surface area contributed by atoms with Crippen LogP contribution in [0.25, 0.3) is 0 Å². The lowest BCUT2D eigenvalue weighted by molar-refractivity contribution is -0.298. The van der Waals surface area contributed by atoms with E-state index in [1.54, 1.807) is 18.3 Å². The van der Waals surface area contributed by atoms with Crippen molar-refractivity contribution in [2.45, 2.75) is 57.7 Å². The van der Waals surface area contributed by atoms with E-state index < -0.39 is 11.1 Å². The minimum absolute atomic E-state index is 0.252. The Morgan fingerprint density at radius 1 is 1.30 bits per heavy atom. The van der Waals surface area contributed by atoms with Gasteiger partial charge in [0.25, 0.3) is 0 Å². The van der Waals surface area contributed by atoms with Crippen molar-refractivity contribution in [3.63, 3.8) is 0 Å². The van der Waals surface area contributed by atoms with Gasteiger partial charge in [0.05, 0.1) is 5.56 Å². The number of carbonyl (C=O) groups is 1. The molecular formula is C15H21N2O3. The van der Waals surface area contributed by atoms with Gasteiger partial charge in [0.2, 0.25) is 0 Å². The SMILES string of the molecule is CC1(C)CC(OC(=O)c2cccnc2)CC(C)(C)N1[O]. The van der Waals surface area contributed by atoms with Crippen LogP contribution in [0.4, 0.5) is 0 Å². The number of nitrogens with zero attached hydrogens (tertiary/aromatic N) is 2. The highest BCUT2D eigenvalue weighted by molar-refractivity contribution is 5.89. The highest BCUT2D eigenvalue weighted by Gasteiger charge is 2.47. The van der Waals surface area contributed by atoms with E-state index in [1.165, 1.54) is 6.20 Å². The fraction of sp³-hybridized carbons (Fsp3) is 0.600. The second-order valence-electron chi connectivity index (χ2n) is 6.60. The molecule has 109 valence electrons. The minimum atomic E-state index is -0.540. The van der Waals surface area contributed by atoms with Crippen LogP contribution in [-0.2, 0) is 9.94 Å². The molecule has 0 spiro atoms. The number of pyridine rings is 1. The Balaban J connectivity index is 2.09. The summed E-state index contributed by atoms with van der Waals surface area (Å²) in [5.74, 6) is -0.381. The van der Waals surface area contributed by atoms with Gasteiger partial charge >= 0.3 is 5.97 Å². The van der Waals surface area contributed by atoms with E-state index in [2.05, 4.69) is 4.98 Å². The van der Waals surface area contributed by atoms with Gasteiger partial charge in [0, 0.05) is 36.3 Å². The summed E-state index contributed by atoms with van der Waals surface area (Å²) in [4.78, 5) is 16.0. The molecular weight excluding hydrogens is 256 g/mol. The molecule has 0 aliphatic carbocycles. The molecule has 1 saturated heterocycles. The summed E-state index contributed by atoms with van der Waals surface area (Å²) in [6.45, 7) is 7.52. The molecule has 5 heteroatoms. The molecule has 1 aliphatic heterocycles. The van der Waals surface area contributed by atoms with E-state index >= 15 is 0 Å². The molecule has 2 heterocycles. The van der Waals surface area contributed by atoms with Crippen LogP contribution >= 0.6 is 0 Å². The summed E-state index contributed by atoms with van der Waals surface area (Å²) in [7, 11) is 0. The maximum absolute atomic E-state index is 12.2. The quantitative estimate of drug-likeness (QED) is 0.779. The number of esters is 1. The maximum Gasteiger partial charge on any atom is 0.339 e. The van der Waals surface area contributed by atoms with Gasteiger partial charge in [0.1, 0.15) is 6.10 Å². The highest BCUT2D eigenvalue weighted by atomic mass is 16.5. The highest BCUT2D eigenvalue weighted by Crippen LogP contribution is 2.38. The van der Waals surface area contributed by atoms with Crippen molar-refractivity contribution in [2.24, 2.45) is 0 Å². The Labute approximate surface area is 119 Å². The topological polar surface area (TPSA) is 62.3 Å². The number of rotatable bonds is 2. The summed E-state index contributed by atoms with van der Waals surface area (Å²) in [5, 5.41) is 13.4. The number of hydrogen-bond acceptors (Lipinski definition) is 4. The van der Waals surface area contributed by atoms with Gasteiger partial charge in [0.15, 0.2) is 0 Å². The standard InChI is InChI=1S/C15H21N2O3/c1-14(2)8-12(9-15(3,4)17(14)19)20-13(18)11-6-5-7-16-10-11/h5-7,10,12H,8-9H2,1-4H3. The second kappa shape index (κ2) is 5.14. The molecule has 20 heavy (non-hydrogen) atoms. The van der Waals surface area contributed by atoms with Gasteiger partial charge in [-0.25, -0.2) is 4.79 Å². The molecule has 0 aromatic carbocycles. The van der Waals surface area contributed by atoms with Crippen molar-refractivity contribution >= 4 is 5.97 Å². The number of hydroxylamine groups is 2. The zero-order valence-electron chi connectivity index (χ0n) is 12.4. The lowest BCUT2D eigenvalue weighted by Gasteiger charge is -2.49. The molecule has 0 unspecified atom stereocenters. The number of carbonyl (C=O) groups excluding carboxylic acids is 1. The van der Waals surface area contributed by atoms with E-state index in [0.717, 1.165) is 5.06 Å². The number of aromatic nitrogens is 1. The summed E-state index contributed by atoms with van der Waals surface area (Å²) in [6, 6.07) is 3.37. The average molecular weight is 277 g/mol. The fourth-order valence-electron chi connectivity index (χ4n) is 2.96. The number of ether oxygens (including phenoxy) is 1. The van der Waals surface area contributed by atoms with Gasteiger partial charge in [-0.1, -0.05) is 0 Å². The Bertz CT molecular complexity index is 467. The molecule has 1 aromatic heterocycles. The van der Waals surface area contributed by atoms with Crippen molar-refractivity contribution in [1.82, 2.24) is 10.0 Å². The Morgan fingerprint density at radius 3 is 2.40 bits per heavy atom. The third kappa shape index (κ3) is 2.99. The van der Waals surface area contributed by atoms with Crippen LogP contribution in [0.1, 0.15) is 50.9 Å². The molecule has 1 fully saturated rings. The third-order valence-corrected chi connectivity index (χ3v) is 3.72. The van der Waals surface area contributed by atoms with Gasteiger partial charge in [-0.05, 0) is 39.8 Å². The molecule has 1 aliphatic rings. The van der Waals surface area contributed by atoms with Crippen LogP contribution in [0.5, 0.6) is 0 Å². The zero-order chi connectivity index (χ0) is 15.0. The van der Waals surface area contributed by atoms with Gasteiger partial charge in [-0.2, -0.15) is 0 Å². The first-order chi connectivity index (χ1) is 9.22. The number of hydrogen-bond donors (Lipinski definition) is 0. The number of piperidine rings is 1. The van der Waals surface area contributed by atoms with Crippen LogP contribution in [-0.4, -0.2) is 33.2 Å². The molecule has 0 N–H and O–H groups in total. The predicted molar refractivity (Wildman–Crippen MR) is 73.4 cm³/mol. The largest absolute Gasteiger partial charge is 0.459 e. The van der Waals surface area contributed by atoms with Crippen molar-refractivity contribution < 1.29 is 14.7 Å². The molecule has 0 bridgehead atoms. The van der Waals surface area contributed by atoms with Crippen LogP contribution < -0.4 is 0 Å². The van der Waals surface area contributed by atoms with Crippen LogP contribution in [0.15, 0.2) is 24.5 Å². The molecule has 0 saturated carbocycles. The first kappa shape index (κ1) is 14.9. The summed E-state index contributed by atoms with van der Waals surface area (Å²) < 4.78 is 5.55. The van der Waals surface area contributed by atoms with Crippen molar-refractivity contribution in [1.29, 1.82) is 0 Å². The molecule has 1 radical (unpaired) electrons. The lowest BCUT2D eigenvalue weighted by atomic mass is 9.80. The Morgan fingerprint density at radius 2 is 1.90 bits per heavy atom. The lowest BCUT2D eigenvalue weighted by Crippen LogP contribution is -2.60. The molecule has 1 aromatic rings. The van der Waals surface area contributed by atoms with E-state index in [-0.39, 0.29) is 12.1 Å². The van der Waals surface area contributed by atoms with E-state index in [9.17, 15) is 10.0 Å². The normalized spacial score (nSPS) is 22.4. The summed E-state index contributed by atoms with van der Waals surface area (Å²) in [6.07, 6.45) is 3.91. The molecule has 0 amide bonds. The van der Waals surface area contributed by atoms with Gasteiger partial charge in [-0.3, -0.25) is 4.98 Å². The van der Waals surface area contributed by atoms with Crippen LogP contribution in [0, 0.1) is 0 Å². The Hall–Kier alpha value is -1.46. The smallest absolute Gasteiger partial charge is 0.339 e. The predicted octanol–water partition coefficient (Wildman–Crippen LogP) is 2.61. The summed E-state index contributed by atoms with van der Waals surface area (Å²) in [5.41, 5.74) is -0.642. The minimum Gasteiger partial charge on any atom is -0.459 e. The molecule has 5 nitrogen and oxygen atoms in total. The van der Waals surface area contributed by atoms with Crippen molar-refractivity contribution in [3.05, 3.63) is 30.1 Å². The summed E-state index contributed by atoms with van der Waals surface area (Å²) >= 11 is 0. The maximum atomic E-state index is 12.2. The van der Waals surface area contributed by atoms with Crippen LogP contribution in [0.2, 0.25) is 0 Å². The zero-order valence-corrected chi connectivity index (χ0v) is 12.4. The first-order valence-electron chi connectivity index (χ1n) is 6.81. The van der Waals surface area contributed by atoms with Crippen molar-refractivity contribution in [3.8, 4) is 0 Å². The monoisotopic (exact) mass is 277 g/mol. The molecule has 0 atom stereocenters. The van der Waals surface area contributed by atoms with Crippen molar-refractivity contribution in [2.75, 3.05) is 0 Å². The Kier molecular flexibility index (Phi) is 3.84. The van der Waals surface area contributed by atoms with E-state index in [1.807, 2.05) is 27.7 Å². The fourth-order valence-corrected chi connectivity index (χ4v) is 2.96. The van der Waals surface area contributed by atoms with Crippen LogP contribution in [0.3, 0.4) is 0 Å². The van der Waals surface area contributed by atoms with Gasteiger partial charge in [-0.15, -0.1) is 10.3 Å². The van der Waals surface area contributed by atoms with Gasteiger partial charge < -0.3 is 4.74 Å². The second-order valence-corrected chi connectivity index (χ2v) is 6.60. The third-order valence-electron chi connectivity index (χ3n) is 3.72.